The first kappa shape index (κ1) is 19.0. The Morgan fingerprint density at radius 3 is 2.43 bits per heavy atom. The van der Waals surface area contributed by atoms with Crippen LogP contribution in [0.2, 0.25) is 0 Å². The maximum atomic E-state index is 15.0. The van der Waals surface area contributed by atoms with Gasteiger partial charge in [-0.15, -0.1) is 0 Å². The smallest absolute Gasteiger partial charge is 0.341 e. The van der Waals surface area contributed by atoms with Crippen molar-refractivity contribution in [3.63, 3.8) is 0 Å². The average molecular weight is 415 g/mol. The normalized spacial score (nSPS) is 22.5. The molecule has 3 fully saturated rings. The van der Waals surface area contributed by atoms with Crippen LogP contribution in [0.15, 0.2) is 23.1 Å². The Morgan fingerprint density at radius 1 is 1.10 bits per heavy atom. The number of anilines is 1. The number of pyridine rings is 1. The lowest BCUT2D eigenvalue weighted by Crippen LogP contribution is -2.51. The van der Waals surface area contributed by atoms with Crippen LogP contribution in [0, 0.1) is 5.82 Å². The van der Waals surface area contributed by atoms with Crippen molar-refractivity contribution in [2.45, 2.75) is 31.3 Å². The van der Waals surface area contributed by atoms with Crippen LogP contribution in [0.1, 0.15) is 35.7 Å². The van der Waals surface area contributed by atoms with Crippen molar-refractivity contribution >= 4 is 28.5 Å². The molecular weight excluding hydrogens is 393 g/mol. The largest absolute Gasteiger partial charge is 0.477 e. The van der Waals surface area contributed by atoms with E-state index in [9.17, 15) is 19.5 Å². The summed E-state index contributed by atoms with van der Waals surface area (Å²) < 4.78 is 21.8. The van der Waals surface area contributed by atoms with Crippen molar-refractivity contribution in [1.82, 2.24) is 9.47 Å². The van der Waals surface area contributed by atoms with Gasteiger partial charge in [0.2, 0.25) is 5.43 Å². The summed E-state index contributed by atoms with van der Waals surface area (Å²) in [5, 5.41) is 9.45. The minimum atomic E-state index is -1.30. The first-order valence-corrected chi connectivity index (χ1v) is 10.2. The van der Waals surface area contributed by atoms with Crippen molar-refractivity contribution in [2.24, 2.45) is 0 Å². The molecule has 2 saturated heterocycles. The quantitative estimate of drug-likeness (QED) is 0.759. The highest BCUT2D eigenvalue weighted by atomic mass is 19.1. The second-order valence-corrected chi connectivity index (χ2v) is 8.13. The van der Waals surface area contributed by atoms with Crippen molar-refractivity contribution in [3.05, 3.63) is 39.9 Å². The second kappa shape index (κ2) is 7.09. The van der Waals surface area contributed by atoms with Crippen LogP contribution in [0.3, 0.4) is 0 Å². The zero-order valence-corrected chi connectivity index (χ0v) is 16.3. The van der Waals surface area contributed by atoms with E-state index in [2.05, 4.69) is 4.90 Å². The van der Waals surface area contributed by atoms with Crippen molar-refractivity contribution in [2.75, 3.05) is 37.7 Å². The highest BCUT2D eigenvalue weighted by molar-refractivity contribution is 5.93. The number of carbonyl (C=O) groups excluding carboxylic acids is 1. The number of carboxylic acid groups (broad SMARTS) is 1. The Bertz CT molecular complexity index is 1100. The van der Waals surface area contributed by atoms with Gasteiger partial charge in [0.25, 0.3) is 0 Å². The molecule has 5 rings (SSSR count). The Labute approximate surface area is 171 Å². The van der Waals surface area contributed by atoms with Crippen LogP contribution < -0.4 is 10.3 Å². The monoisotopic (exact) mass is 415 g/mol. The number of fused-ring (bicyclic) bond motifs is 1. The van der Waals surface area contributed by atoms with Crippen LogP contribution >= 0.6 is 0 Å². The lowest BCUT2D eigenvalue weighted by Gasteiger charge is -2.38. The topological polar surface area (TPSA) is 92.1 Å². The molecule has 3 aliphatic rings. The molecule has 2 aromatic rings. The SMILES string of the molecule is O=C(O)c1cn(C2CC2)c2cc(N3CCN(C4CCOC4=O)CC3)c(F)cc2c1=O. The average Bonchev–Trinajstić information content (AvgIpc) is 3.48. The molecule has 2 aliphatic heterocycles. The van der Waals surface area contributed by atoms with Gasteiger partial charge in [0.05, 0.1) is 17.8 Å². The molecule has 0 bridgehead atoms. The maximum Gasteiger partial charge on any atom is 0.341 e. The Balaban J connectivity index is 1.48. The summed E-state index contributed by atoms with van der Waals surface area (Å²) in [4.78, 5) is 39.9. The summed E-state index contributed by atoms with van der Waals surface area (Å²) in [5.41, 5.74) is -0.0400. The minimum Gasteiger partial charge on any atom is -0.477 e. The molecule has 8 nitrogen and oxygen atoms in total. The molecule has 1 atom stereocenters. The van der Waals surface area contributed by atoms with Crippen LogP contribution in [0.5, 0.6) is 0 Å². The third-order valence-electron chi connectivity index (χ3n) is 6.27. The predicted molar refractivity (Wildman–Crippen MR) is 107 cm³/mol. The molecule has 9 heteroatoms. The van der Waals surface area contributed by atoms with Crippen LogP contribution in [0.25, 0.3) is 10.9 Å². The Morgan fingerprint density at radius 2 is 1.83 bits per heavy atom. The summed E-state index contributed by atoms with van der Waals surface area (Å²) in [6.45, 7) is 2.77. The number of aromatic carboxylic acids is 1. The van der Waals surface area contributed by atoms with Gasteiger partial charge in [-0.1, -0.05) is 0 Å². The number of carbonyl (C=O) groups is 2. The summed E-state index contributed by atoms with van der Waals surface area (Å²) in [7, 11) is 0. The van der Waals surface area contributed by atoms with Crippen molar-refractivity contribution in [3.8, 4) is 0 Å². The Kier molecular flexibility index (Phi) is 4.50. The number of hydrogen-bond donors (Lipinski definition) is 1. The highest BCUT2D eigenvalue weighted by Crippen LogP contribution is 2.38. The summed E-state index contributed by atoms with van der Waals surface area (Å²) >= 11 is 0. The van der Waals surface area contributed by atoms with E-state index in [1.165, 1.54) is 12.3 Å². The van der Waals surface area contributed by atoms with Gasteiger partial charge in [0.1, 0.15) is 17.4 Å². The first-order valence-electron chi connectivity index (χ1n) is 10.2. The second-order valence-electron chi connectivity index (χ2n) is 8.13. The fourth-order valence-corrected chi connectivity index (χ4v) is 4.50. The van der Waals surface area contributed by atoms with Crippen molar-refractivity contribution in [1.29, 1.82) is 0 Å². The molecule has 30 heavy (non-hydrogen) atoms. The molecule has 1 saturated carbocycles. The van der Waals surface area contributed by atoms with Crippen molar-refractivity contribution < 1.29 is 23.8 Å². The van der Waals surface area contributed by atoms with Crippen LogP contribution in [0.4, 0.5) is 10.1 Å². The lowest BCUT2D eigenvalue weighted by molar-refractivity contribution is -0.142. The molecule has 1 aromatic heterocycles. The fourth-order valence-electron chi connectivity index (χ4n) is 4.50. The number of esters is 1. The number of benzene rings is 1. The summed E-state index contributed by atoms with van der Waals surface area (Å²) in [5.74, 6) is -2.04. The van der Waals surface area contributed by atoms with Gasteiger partial charge in [0, 0.05) is 50.2 Å². The minimum absolute atomic E-state index is 0.0930. The lowest BCUT2D eigenvalue weighted by atomic mass is 10.1. The number of nitrogens with zero attached hydrogens (tertiary/aromatic N) is 3. The van der Waals surface area contributed by atoms with E-state index in [1.54, 1.807) is 10.6 Å². The molecule has 0 radical (unpaired) electrons. The molecule has 3 heterocycles. The fraction of sp³-hybridized carbons (Fsp3) is 0.476. The van der Waals surface area contributed by atoms with Crippen LogP contribution in [-0.2, 0) is 9.53 Å². The van der Waals surface area contributed by atoms with E-state index in [0.717, 1.165) is 12.8 Å². The molecule has 0 spiro atoms. The number of hydrogen-bond acceptors (Lipinski definition) is 6. The van der Waals surface area contributed by atoms with E-state index >= 15 is 4.39 Å². The van der Waals surface area contributed by atoms with Gasteiger partial charge in [0.15, 0.2) is 0 Å². The molecule has 1 aliphatic carbocycles. The number of piperazine rings is 1. The molecule has 1 N–H and O–H groups in total. The number of carboxylic acids is 1. The van der Waals surface area contributed by atoms with Gasteiger partial charge < -0.3 is 19.3 Å². The number of aromatic nitrogens is 1. The summed E-state index contributed by atoms with van der Waals surface area (Å²) in [6, 6.07) is 2.74. The van der Waals surface area contributed by atoms with Gasteiger partial charge in [-0.3, -0.25) is 14.5 Å². The molecule has 0 amide bonds. The number of halogens is 1. The van der Waals surface area contributed by atoms with E-state index in [4.69, 9.17) is 4.74 Å². The molecule has 1 unspecified atom stereocenters. The van der Waals surface area contributed by atoms with E-state index in [-0.39, 0.29) is 29.0 Å². The van der Waals surface area contributed by atoms with Gasteiger partial charge in [-0.2, -0.15) is 0 Å². The van der Waals surface area contributed by atoms with Gasteiger partial charge >= 0.3 is 11.9 Å². The zero-order chi connectivity index (χ0) is 21.0. The van der Waals surface area contributed by atoms with Gasteiger partial charge in [-0.05, 0) is 25.0 Å². The summed E-state index contributed by atoms with van der Waals surface area (Å²) in [6.07, 6.45) is 3.87. The highest BCUT2D eigenvalue weighted by Gasteiger charge is 2.35. The number of ether oxygens (including phenoxy) is 1. The van der Waals surface area contributed by atoms with E-state index in [0.29, 0.717) is 50.4 Å². The van der Waals surface area contributed by atoms with Gasteiger partial charge in [-0.25, -0.2) is 9.18 Å². The Hall–Kier alpha value is -2.94. The third kappa shape index (κ3) is 3.13. The molecular formula is C21H22FN3O5. The van der Waals surface area contributed by atoms with E-state index in [1.807, 2.05) is 4.90 Å². The van der Waals surface area contributed by atoms with Crippen LogP contribution in [-0.4, -0.2) is 65.3 Å². The molecule has 158 valence electrons. The van der Waals surface area contributed by atoms with E-state index < -0.39 is 17.2 Å². The zero-order valence-electron chi connectivity index (χ0n) is 16.3. The first-order chi connectivity index (χ1) is 14.4. The predicted octanol–water partition coefficient (Wildman–Crippen LogP) is 1.61. The standard InChI is InChI=1S/C21H22FN3O5/c22-15-9-13-17(25(12-1-2-12)11-14(19(13)26)20(27)28)10-18(15)24-6-4-23(5-7-24)16-3-8-30-21(16)29/h9-12,16H,1-8H2,(H,27,28). The maximum absolute atomic E-state index is 15.0. The number of cyclic esters (lactones) is 1. The number of rotatable bonds is 4. The molecule has 1 aromatic carbocycles. The third-order valence-corrected chi connectivity index (χ3v) is 6.27.